The van der Waals surface area contributed by atoms with Crippen LogP contribution in [0.2, 0.25) is 0 Å². The first-order valence-corrected chi connectivity index (χ1v) is 3.88. The third kappa shape index (κ3) is 6.86. The standard InChI is InChI=1S/C8H12.CH2O3/c1-2-8-6-4-3-5-7-8;2-1(3)4/h2,4,6,8H,1,3,5,7H2;(H2,2,3,4). The largest absolute Gasteiger partial charge is 0.503 e. The summed E-state index contributed by atoms with van der Waals surface area (Å²) in [5.74, 6) is 0.670. The van der Waals surface area contributed by atoms with Crippen molar-refractivity contribution in [3.63, 3.8) is 0 Å². The first kappa shape index (κ1) is 10.8. The lowest BCUT2D eigenvalue weighted by atomic mass is 9.96. The molecule has 0 heterocycles. The van der Waals surface area contributed by atoms with Crippen molar-refractivity contribution in [2.24, 2.45) is 5.92 Å². The molecule has 0 saturated carbocycles. The molecule has 68 valence electrons. The predicted molar refractivity (Wildman–Crippen MR) is 47.3 cm³/mol. The second-order valence-corrected chi connectivity index (χ2v) is 2.54. The van der Waals surface area contributed by atoms with Crippen LogP contribution in [0.25, 0.3) is 0 Å². The normalized spacial score (nSPS) is 20.5. The van der Waals surface area contributed by atoms with Gasteiger partial charge in [-0.15, -0.1) is 6.58 Å². The van der Waals surface area contributed by atoms with Crippen LogP contribution in [0.15, 0.2) is 24.8 Å². The highest BCUT2D eigenvalue weighted by Crippen LogP contribution is 2.16. The zero-order chi connectivity index (χ0) is 9.40. The van der Waals surface area contributed by atoms with Crippen molar-refractivity contribution in [3.8, 4) is 0 Å². The molecule has 0 fully saturated rings. The van der Waals surface area contributed by atoms with Crippen LogP contribution in [0.4, 0.5) is 4.79 Å². The second kappa shape index (κ2) is 6.46. The predicted octanol–water partition coefficient (Wildman–Crippen LogP) is 2.75. The van der Waals surface area contributed by atoms with Crippen molar-refractivity contribution in [2.75, 3.05) is 0 Å². The van der Waals surface area contributed by atoms with Crippen LogP contribution >= 0.6 is 0 Å². The van der Waals surface area contributed by atoms with Crippen LogP contribution in [0.1, 0.15) is 19.3 Å². The summed E-state index contributed by atoms with van der Waals surface area (Å²) in [6, 6.07) is 0. The Balaban J connectivity index is 0.000000261. The topological polar surface area (TPSA) is 57.5 Å². The Morgan fingerprint density at radius 1 is 1.58 bits per heavy atom. The van der Waals surface area contributed by atoms with Crippen LogP contribution in [-0.4, -0.2) is 16.4 Å². The first-order chi connectivity index (χ1) is 5.66. The molecule has 1 unspecified atom stereocenters. The van der Waals surface area contributed by atoms with E-state index in [1.165, 1.54) is 19.3 Å². The number of hydrogen-bond donors (Lipinski definition) is 2. The summed E-state index contributed by atoms with van der Waals surface area (Å²) < 4.78 is 0. The fraction of sp³-hybridized carbons (Fsp3) is 0.444. The number of allylic oxidation sites excluding steroid dienone is 3. The number of hydrogen-bond acceptors (Lipinski definition) is 1. The van der Waals surface area contributed by atoms with Crippen molar-refractivity contribution in [2.45, 2.75) is 19.3 Å². The molecule has 2 N–H and O–H groups in total. The smallest absolute Gasteiger partial charge is 0.450 e. The van der Waals surface area contributed by atoms with Gasteiger partial charge in [-0.1, -0.05) is 18.2 Å². The molecule has 0 spiro atoms. The van der Waals surface area contributed by atoms with E-state index in [0.29, 0.717) is 5.92 Å². The lowest BCUT2D eigenvalue weighted by Gasteiger charge is -2.09. The van der Waals surface area contributed by atoms with Gasteiger partial charge in [0.2, 0.25) is 0 Å². The molecule has 0 aromatic heterocycles. The third-order valence-corrected chi connectivity index (χ3v) is 1.59. The van der Waals surface area contributed by atoms with E-state index >= 15 is 0 Å². The van der Waals surface area contributed by atoms with Gasteiger partial charge in [0, 0.05) is 0 Å². The average Bonchev–Trinajstić information content (AvgIpc) is 2.05. The highest BCUT2D eigenvalue weighted by molar-refractivity contribution is 5.53. The minimum atomic E-state index is -1.83. The summed E-state index contributed by atoms with van der Waals surface area (Å²) >= 11 is 0. The Morgan fingerprint density at radius 3 is 2.42 bits per heavy atom. The SMILES string of the molecule is C=CC1C=CCCC1.O=C(O)O. The summed E-state index contributed by atoms with van der Waals surface area (Å²) in [6.07, 6.45) is 8.60. The Labute approximate surface area is 72.0 Å². The van der Waals surface area contributed by atoms with Crippen molar-refractivity contribution < 1.29 is 15.0 Å². The van der Waals surface area contributed by atoms with Crippen LogP contribution < -0.4 is 0 Å². The molecule has 1 aliphatic rings. The Morgan fingerprint density at radius 2 is 2.17 bits per heavy atom. The molecule has 3 nitrogen and oxygen atoms in total. The zero-order valence-electron chi connectivity index (χ0n) is 6.94. The van der Waals surface area contributed by atoms with Crippen molar-refractivity contribution in [1.82, 2.24) is 0 Å². The summed E-state index contributed by atoms with van der Waals surface area (Å²) in [7, 11) is 0. The summed E-state index contributed by atoms with van der Waals surface area (Å²) in [5, 5.41) is 13.9. The highest BCUT2D eigenvalue weighted by atomic mass is 16.6. The van der Waals surface area contributed by atoms with Crippen LogP contribution in [0, 0.1) is 5.92 Å². The average molecular weight is 170 g/mol. The van der Waals surface area contributed by atoms with E-state index in [1.54, 1.807) is 0 Å². The lowest BCUT2D eigenvalue weighted by Crippen LogP contribution is -1.94. The minimum absolute atomic E-state index is 0.670. The van der Waals surface area contributed by atoms with Gasteiger partial charge < -0.3 is 10.2 Å². The van der Waals surface area contributed by atoms with Gasteiger partial charge in [0.05, 0.1) is 0 Å². The molecule has 0 saturated heterocycles. The molecule has 1 rings (SSSR count). The van der Waals surface area contributed by atoms with E-state index in [2.05, 4.69) is 18.7 Å². The Hall–Kier alpha value is -1.25. The molecule has 0 aromatic carbocycles. The fourth-order valence-electron chi connectivity index (χ4n) is 1.04. The number of carboxylic acid groups (broad SMARTS) is 2. The van der Waals surface area contributed by atoms with Crippen LogP contribution in [-0.2, 0) is 0 Å². The van der Waals surface area contributed by atoms with E-state index in [9.17, 15) is 0 Å². The number of carbonyl (C=O) groups is 1. The maximum absolute atomic E-state index is 8.56. The van der Waals surface area contributed by atoms with E-state index in [4.69, 9.17) is 15.0 Å². The van der Waals surface area contributed by atoms with Crippen molar-refractivity contribution in [3.05, 3.63) is 24.8 Å². The van der Waals surface area contributed by atoms with Gasteiger partial charge in [-0.05, 0) is 25.2 Å². The van der Waals surface area contributed by atoms with Gasteiger partial charge >= 0.3 is 6.16 Å². The molecule has 0 amide bonds. The van der Waals surface area contributed by atoms with Crippen molar-refractivity contribution >= 4 is 6.16 Å². The van der Waals surface area contributed by atoms with E-state index in [-0.39, 0.29) is 0 Å². The quantitative estimate of drug-likeness (QED) is 0.595. The van der Waals surface area contributed by atoms with E-state index in [1.807, 2.05) is 6.08 Å². The molecule has 0 aromatic rings. The third-order valence-electron chi connectivity index (χ3n) is 1.59. The maximum atomic E-state index is 8.56. The van der Waals surface area contributed by atoms with Gasteiger partial charge in [-0.3, -0.25) is 0 Å². The monoisotopic (exact) mass is 170 g/mol. The molecule has 0 radical (unpaired) electrons. The Bertz CT molecular complexity index is 169. The zero-order valence-corrected chi connectivity index (χ0v) is 6.94. The van der Waals surface area contributed by atoms with Crippen LogP contribution in [0.5, 0.6) is 0 Å². The lowest BCUT2D eigenvalue weighted by molar-refractivity contribution is 0.137. The van der Waals surface area contributed by atoms with Gasteiger partial charge in [-0.2, -0.15) is 0 Å². The summed E-state index contributed by atoms with van der Waals surface area (Å²) in [4.78, 5) is 8.56. The van der Waals surface area contributed by atoms with Gasteiger partial charge in [0.25, 0.3) is 0 Å². The molecule has 0 aliphatic heterocycles. The minimum Gasteiger partial charge on any atom is -0.450 e. The summed E-state index contributed by atoms with van der Waals surface area (Å²) in [6.45, 7) is 3.73. The summed E-state index contributed by atoms with van der Waals surface area (Å²) in [5.41, 5.74) is 0. The molecule has 3 heteroatoms. The molecular formula is C9H14O3. The number of rotatable bonds is 1. The van der Waals surface area contributed by atoms with Crippen LogP contribution in [0.3, 0.4) is 0 Å². The second-order valence-electron chi connectivity index (χ2n) is 2.54. The Kier molecular flexibility index (Phi) is 5.79. The molecular weight excluding hydrogens is 156 g/mol. The van der Waals surface area contributed by atoms with E-state index < -0.39 is 6.16 Å². The van der Waals surface area contributed by atoms with Crippen molar-refractivity contribution in [1.29, 1.82) is 0 Å². The molecule has 1 aliphatic carbocycles. The fourth-order valence-corrected chi connectivity index (χ4v) is 1.04. The molecule has 12 heavy (non-hydrogen) atoms. The van der Waals surface area contributed by atoms with Gasteiger partial charge in [0.15, 0.2) is 0 Å². The maximum Gasteiger partial charge on any atom is 0.503 e. The molecule has 0 bridgehead atoms. The van der Waals surface area contributed by atoms with Gasteiger partial charge in [0.1, 0.15) is 0 Å². The van der Waals surface area contributed by atoms with Gasteiger partial charge in [-0.25, -0.2) is 4.79 Å². The molecule has 1 atom stereocenters. The first-order valence-electron chi connectivity index (χ1n) is 3.88. The van der Waals surface area contributed by atoms with E-state index in [0.717, 1.165) is 0 Å². The highest BCUT2D eigenvalue weighted by Gasteiger charge is 2.01.